The molecule has 0 spiro atoms. The SMILES string of the molecule is CC(C)(C)CC(=O)c1cc(CN2CCCCC2)c(O)c(-c2ccc(OC(F)(F)F)cc2)c1. The molecule has 0 bridgehead atoms. The molecule has 2 aromatic rings. The maximum atomic E-state index is 13.0. The Morgan fingerprint density at radius 2 is 1.66 bits per heavy atom. The van der Waals surface area contributed by atoms with Gasteiger partial charge in [-0.2, -0.15) is 0 Å². The number of rotatable bonds is 6. The molecule has 0 amide bonds. The van der Waals surface area contributed by atoms with Gasteiger partial charge in [0.2, 0.25) is 0 Å². The van der Waals surface area contributed by atoms with Gasteiger partial charge in [0.25, 0.3) is 0 Å². The van der Waals surface area contributed by atoms with E-state index in [1.807, 2.05) is 20.8 Å². The number of benzene rings is 2. The lowest BCUT2D eigenvalue weighted by Crippen LogP contribution is -2.29. The number of hydrogen-bond donors (Lipinski definition) is 1. The second-order valence-electron chi connectivity index (χ2n) is 9.60. The van der Waals surface area contributed by atoms with Gasteiger partial charge in [-0.1, -0.05) is 39.3 Å². The Labute approximate surface area is 187 Å². The molecule has 32 heavy (non-hydrogen) atoms. The summed E-state index contributed by atoms with van der Waals surface area (Å²) in [5.74, 6) is -0.322. The molecule has 174 valence electrons. The van der Waals surface area contributed by atoms with Crippen molar-refractivity contribution < 1.29 is 27.8 Å². The first-order valence-corrected chi connectivity index (χ1v) is 10.9. The summed E-state index contributed by atoms with van der Waals surface area (Å²) in [7, 11) is 0. The number of halogens is 3. The highest BCUT2D eigenvalue weighted by molar-refractivity contribution is 5.98. The van der Waals surface area contributed by atoms with Gasteiger partial charge >= 0.3 is 6.36 Å². The summed E-state index contributed by atoms with van der Waals surface area (Å²) < 4.78 is 41.4. The molecule has 1 saturated heterocycles. The molecule has 0 unspecified atom stereocenters. The van der Waals surface area contributed by atoms with Crippen molar-refractivity contribution in [1.29, 1.82) is 0 Å². The number of hydrogen-bond acceptors (Lipinski definition) is 4. The zero-order valence-electron chi connectivity index (χ0n) is 18.8. The van der Waals surface area contributed by atoms with Gasteiger partial charge in [-0.25, -0.2) is 0 Å². The minimum Gasteiger partial charge on any atom is -0.507 e. The molecule has 1 aliphatic heterocycles. The van der Waals surface area contributed by atoms with Crippen LogP contribution in [-0.4, -0.2) is 35.2 Å². The van der Waals surface area contributed by atoms with Crippen molar-refractivity contribution in [1.82, 2.24) is 4.90 Å². The van der Waals surface area contributed by atoms with E-state index in [4.69, 9.17) is 0 Å². The van der Waals surface area contributed by atoms with Crippen molar-refractivity contribution in [2.24, 2.45) is 5.41 Å². The van der Waals surface area contributed by atoms with E-state index in [9.17, 15) is 23.1 Å². The number of aromatic hydroxyl groups is 1. The first-order chi connectivity index (χ1) is 14.9. The van der Waals surface area contributed by atoms with Crippen LogP contribution in [-0.2, 0) is 6.54 Å². The Morgan fingerprint density at radius 3 is 2.22 bits per heavy atom. The number of nitrogens with zero attached hydrogens (tertiary/aromatic N) is 1. The topological polar surface area (TPSA) is 49.8 Å². The van der Waals surface area contributed by atoms with Crippen molar-refractivity contribution in [2.45, 2.75) is 59.4 Å². The molecule has 0 radical (unpaired) electrons. The molecule has 1 N–H and O–H groups in total. The Kier molecular flexibility index (Phi) is 7.18. The maximum absolute atomic E-state index is 13.0. The van der Waals surface area contributed by atoms with Crippen LogP contribution in [0.2, 0.25) is 0 Å². The van der Waals surface area contributed by atoms with Gasteiger partial charge < -0.3 is 9.84 Å². The largest absolute Gasteiger partial charge is 0.573 e. The minimum absolute atomic E-state index is 0.0318. The molecule has 3 rings (SSSR count). The predicted molar refractivity (Wildman–Crippen MR) is 118 cm³/mol. The molecule has 4 nitrogen and oxygen atoms in total. The zero-order valence-corrected chi connectivity index (χ0v) is 18.8. The molecule has 0 atom stereocenters. The highest BCUT2D eigenvalue weighted by Gasteiger charge is 2.31. The summed E-state index contributed by atoms with van der Waals surface area (Å²) in [6, 6.07) is 8.70. The van der Waals surface area contributed by atoms with Gasteiger partial charge in [0.1, 0.15) is 11.5 Å². The number of ether oxygens (including phenoxy) is 1. The highest BCUT2D eigenvalue weighted by Crippen LogP contribution is 2.37. The number of alkyl halides is 3. The molecule has 7 heteroatoms. The van der Waals surface area contributed by atoms with Crippen LogP contribution < -0.4 is 4.74 Å². The van der Waals surface area contributed by atoms with Crippen molar-refractivity contribution in [3.05, 3.63) is 47.5 Å². The third-order valence-electron chi connectivity index (χ3n) is 5.44. The van der Waals surface area contributed by atoms with E-state index in [0.717, 1.165) is 25.9 Å². The Morgan fingerprint density at radius 1 is 1.03 bits per heavy atom. The molecular formula is C25H30F3NO3. The van der Waals surface area contributed by atoms with Crippen LogP contribution in [0.5, 0.6) is 11.5 Å². The smallest absolute Gasteiger partial charge is 0.507 e. The standard InChI is InChI=1S/C25H30F3NO3/c1-24(2,3)15-22(30)18-13-19(16-29-11-5-4-6-12-29)23(31)21(14-18)17-7-9-20(10-8-17)32-25(26,27)28/h7-10,13-14,31H,4-6,11-12,15-16H2,1-3H3. The fraction of sp³-hybridized carbons (Fsp3) is 0.480. The third-order valence-corrected chi connectivity index (χ3v) is 5.44. The average Bonchev–Trinajstić information content (AvgIpc) is 2.68. The number of phenolic OH excluding ortho intramolecular Hbond substituents is 1. The Bertz CT molecular complexity index is 941. The maximum Gasteiger partial charge on any atom is 0.573 e. The lowest BCUT2D eigenvalue weighted by atomic mass is 9.86. The number of likely N-dealkylation sites (tertiary alicyclic amines) is 1. The van der Waals surface area contributed by atoms with E-state index >= 15 is 0 Å². The van der Waals surface area contributed by atoms with Crippen molar-refractivity contribution >= 4 is 5.78 Å². The number of phenols is 1. The van der Waals surface area contributed by atoms with Gasteiger partial charge in [0.15, 0.2) is 5.78 Å². The summed E-state index contributed by atoms with van der Waals surface area (Å²) >= 11 is 0. The Balaban J connectivity index is 1.98. The van der Waals surface area contributed by atoms with Gasteiger partial charge in [0.05, 0.1) is 0 Å². The van der Waals surface area contributed by atoms with E-state index in [1.165, 1.54) is 30.7 Å². The van der Waals surface area contributed by atoms with Crippen LogP contribution in [0.15, 0.2) is 36.4 Å². The fourth-order valence-corrected chi connectivity index (χ4v) is 3.97. The molecule has 0 saturated carbocycles. The van der Waals surface area contributed by atoms with Crippen LogP contribution >= 0.6 is 0 Å². The molecule has 0 aliphatic carbocycles. The number of ketones is 1. The number of Topliss-reactive ketones (excluding diaryl/α,β-unsaturated/α-hetero) is 1. The number of carbonyl (C=O) groups excluding carboxylic acids is 1. The lowest BCUT2D eigenvalue weighted by molar-refractivity contribution is -0.274. The first-order valence-electron chi connectivity index (χ1n) is 10.9. The third kappa shape index (κ3) is 6.73. The molecule has 1 heterocycles. The second-order valence-corrected chi connectivity index (χ2v) is 9.60. The fourth-order valence-electron chi connectivity index (χ4n) is 3.97. The summed E-state index contributed by atoms with van der Waals surface area (Å²) in [5, 5.41) is 11.0. The van der Waals surface area contributed by atoms with E-state index in [-0.39, 0.29) is 22.7 Å². The summed E-state index contributed by atoms with van der Waals surface area (Å²) in [4.78, 5) is 15.2. The zero-order chi connectivity index (χ0) is 23.5. The summed E-state index contributed by atoms with van der Waals surface area (Å²) in [6.07, 6.45) is -1.05. The van der Waals surface area contributed by atoms with Crippen molar-refractivity contribution in [2.75, 3.05) is 13.1 Å². The van der Waals surface area contributed by atoms with Crippen LogP contribution in [0.25, 0.3) is 11.1 Å². The van der Waals surface area contributed by atoms with E-state index in [2.05, 4.69) is 9.64 Å². The van der Waals surface area contributed by atoms with Gasteiger partial charge in [0, 0.05) is 29.7 Å². The summed E-state index contributed by atoms with van der Waals surface area (Å²) in [6.45, 7) is 8.34. The molecule has 0 aromatic heterocycles. The quantitative estimate of drug-likeness (QED) is 0.507. The predicted octanol–water partition coefficient (Wildman–Crippen LogP) is 6.56. The molecule has 2 aromatic carbocycles. The summed E-state index contributed by atoms with van der Waals surface area (Å²) in [5.41, 5.74) is 1.89. The first kappa shape index (κ1) is 24.1. The average molecular weight is 450 g/mol. The lowest BCUT2D eigenvalue weighted by Gasteiger charge is -2.27. The van der Waals surface area contributed by atoms with E-state index in [1.54, 1.807) is 12.1 Å². The van der Waals surface area contributed by atoms with Crippen molar-refractivity contribution in [3.8, 4) is 22.6 Å². The molecular weight excluding hydrogens is 419 g/mol. The normalized spacial score (nSPS) is 15.6. The second kappa shape index (κ2) is 9.53. The van der Waals surface area contributed by atoms with Crippen LogP contribution in [0.4, 0.5) is 13.2 Å². The Hall–Kier alpha value is -2.54. The molecule has 1 fully saturated rings. The highest BCUT2D eigenvalue weighted by atomic mass is 19.4. The van der Waals surface area contributed by atoms with E-state index in [0.29, 0.717) is 35.2 Å². The van der Waals surface area contributed by atoms with Crippen LogP contribution in [0.1, 0.15) is 62.4 Å². The van der Waals surface area contributed by atoms with E-state index < -0.39 is 6.36 Å². The number of piperidine rings is 1. The number of carbonyl (C=O) groups is 1. The van der Waals surface area contributed by atoms with Crippen molar-refractivity contribution in [3.63, 3.8) is 0 Å². The van der Waals surface area contributed by atoms with Crippen LogP contribution in [0.3, 0.4) is 0 Å². The minimum atomic E-state index is -4.77. The monoisotopic (exact) mass is 449 g/mol. The molecule has 1 aliphatic rings. The van der Waals surface area contributed by atoms with Gasteiger partial charge in [-0.15, -0.1) is 13.2 Å². The van der Waals surface area contributed by atoms with Gasteiger partial charge in [-0.05, 0) is 61.2 Å². The van der Waals surface area contributed by atoms with Crippen LogP contribution in [0, 0.1) is 5.41 Å². The van der Waals surface area contributed by atoms with Gasteiger partial charge in [-0.3, -0.25) is 9.69 Å².